The van der Waals surface area contributed by atoms with E-state index in [0.717, 1.165) is 36.5 Å². The maximum atomic E-state index is 4.04. The molecule has 0 saturated carbocycles. The van der Waals surface area contributed by atoms with Gasteiger partial charge in [0, 0.05) is 24.1 Å². The smallest absolute Gasteiger partial charge is 0.147 e. The lowest BCUT2D eigenvalue weighted by Gasteiger charge is -2.26. The van der Waals surface area contributed by atoms with Crippen molar-refractivity contribution in [3.63, 3.8) is 0 Å². The van der Waals surface area contributed by atoms with E-state index in [-0.39, 0.29) is 0 Å². The average molecular weight is 243 g/mol. The van der Waals surface area contributed by atoms with Gasteiger partial charge >= 0.3 is 0 Å². The maximum Gasteiger partial charge on any atom is 0.147 e. The lowest BCUT2D eigenvalue weighted by atomic mass is 10.3. The largest absolute Gasteiger partial charge is 0.315 e. The zero-order valence-corrected chi connectivity index (χ0v) is 8.87. The molecule has 0 atom stereocenters. The molecule has 13 heavy (non-hydrogen) atoms. The van der Waals surface area contributed by atoms with Crippen LogP contribution in [0.5, 0.6) is 0 Å². The van der Waals surface area contributed by atoms with Crippen LogP contribution in [0, 0.1) is 0 Å². The summed E-state index contributed by atoms with van der Waals surface area (Å²) in [6.07, 6.45) is 1.79. The maximum absolute atomic E-state index is 4.04. The lowest BCUT2D eigenvalue weighted by molar-refractivity contribution is 0.238. The summed E-state index contributed by atoms with van der Waals surface area (Å²) >= 11 is 3.36. The molecule has 1 aromatic heterocycles. The van der Waals surface area contributed by atoms with Crippen molar-refractivity contribution in [2.24, 2.45) is 0 Å². The van der Waals surface area contributed by atoms with Gasteiger partial charge in [0.15, 0.2) is 0 Å². The van der Waals surface area contributed by atoms with Crippen LogP contribution in [-0.2, 0) is 13.1 Å². The molecule has 5 heteroatoms. The van der Waals surface area contributed by atoms with Gasteiger partial charge in [-0.25, -0.2) is 0 Å². The third kappa shape index (κ3) is 1.97. The predicted molar refractivity (Wildman–Crippen MR) is 53.4 cm³/mol. The first kappa shape index (κ1) is 8.90. The fourth-order valence-electron chi connectivity index (χ4n) is 1.49. The molecule has 0 aliphatic carbocycles. The van der Waals surface area contributed by atoms with E-state index in [1.54, 1.807) is 6.33 Å². The topological polar surface area (TPSA) is 34.0 Å². The first-order valence-corrected chi connectivity index (χ1v) is 4.97. The minimum absolute atomic E-state index is 0.866. The Hall–Kier alpha value is -0.680. The van der Waals surface area contributed by atoms with Gasteiger partial charge in [0.05, 0.1) is 6.54 Å². The highest BCUT2D eigenvalue weighted by Gasteiger charge is 2.16. The van der Waals surface area contributed by atoms with Crippen LogP contribution in [0.3, 0.4) is 0 Å². The summed E-state index contributed by atoms with van der Waals surface area (Å²) in [5.41, 5.74) is 0. The number of rotatable bonds is 2. The minimum Gasteiger partial charge on any atom is -0.315 e. The van der Waals surface area contributed by atoms with E-state index in [4.69, 9.17) is 0 Å². The van der Waals surface area contributed by atoms with Gasteiger partial charge in [-0.15, -0.1) is 10.2 Å². The van der Waals surface area contributed by atoms with Crippen LogP contribution in [0.1, 0.15) is 5.82 Å². The number of fused-ring (bicyclic) bond motifs is 1. The van der Waals surface area contributed by atoms with E-state index >= 15 is 0 Å². The monoisotopic (exact) mass is 242 g/mol. The molecule has 0 N–H and O–H groups in total. The average Bonchev–Trinajstić information content (AvgIpc) is 2.49. The molecule has 2 rings (SSSR count). The molecular formula is C8H11BrN4. The molecule has 1 aliphatic rings. The molecule has 0 radical (unpaired) electrons. The molecule has 4 nitrogen and oxygen atoms in total. The molecule has 0 amide bonds. The molecule has 0 unspecified atom stereocenters. The molecule has 0 bridgehead atoms. The van der Waals surface area contributed by atoms with Crippen LogP contribution in [0.2, 0.25) is 0 Å². The number of hydrogen-bond acceptors (Lipinski definition) is 3. The summed E-state index contributed by atoms with van der Waals surface area (Å²) in [6.45, 7) is 7.58. The van der Waals surface area contributed by atoms with Gasteiger partial charge in [-0.1, -0.05) is 22.5 Å². The second kappa shape index (κ2) is 3.59. The fraction of sp³-hybridized carbons (Fsp3) is 0.500. The number of nitrogens with zero attached hydrogens (tertiary/aromatic N) is 4. The van der Waals surface area contributed by atoms with Gasteiger partial charge in [0.25, 0.3) is 0 Å². The highest BCUT2D eigenvalue weighted by molar-refractivity contribution is 9.11. The highest BCUT2D eigenvalue weighted by atomic mass is 79.9. The lowest BCUT2D eigenvalue weighted by Crippen LogP contribution is -2.34. The Balaban J connectivity index is 2.04. The summed E-state index contributed by atoms with van der Waals surface area (Å²) in [5.74, 6) is 1.04. The van der Waals surface area contributed by atoms with Crippen molar-refractivity contribution in [3.05, 3.63) is 23.2 Å². The van der Waals surface area contributed by atoms with Crippen molar-refractivity contribution < 1.29 is 0 Å². The molecular weight excluding hydrogens is 232 g/mol. The highest BCUT2D eigenvalue weighted by Crippen LogP contribution is 2.12. The van der Waals surface area contributed by atoms with Gasteiger partial charge in [-0.2, -0.15) is 0 Å². The molecule has 1 aromatic rings. The Kier molecular flexibility index (Phi) is 2.46. The van der Waals surface area contributed by atoms with E-state index in [0.29, 0.717) is 0 Å². The van der Waals surface area contributed by atoms with Gasteiger partial charge in [0.2, 0.25) is 0 Å². The number of aromatic nitrogens is 3. The Labute approximate surface area is 85.4 Å². The number of halogens is 1. The standard InChI is InChI=1S/C8H11BrN4/c1-7(9)4-12-2-3-13-6-10-11-8(13)5-12/h6H,1-5H2. The van der Waals surface area contributed by atoms with Crippen molar-refractivity contribution in [1.82, 2.24) is 19.7 Å². The van der Waals surface area contributed by atoms with Crippen molar-refractivity contribution in [1.29, 1.82) is 0 Å². The first-order chi connectivity index (χ1) is 6.25. The first-order valence-electron chi connectivity index (χ1n) is 4.18. The second-order valence-corrected chi connectivity index (χ2v) is 4.29. The van der Waals surface area contributed by atoms with Crippen molar-refractivity contribution in [3.8, 4) is 0 Å². The zero-order valence-electron chi connectivity index (χ0n) is 7.28. The Morgan fingerprint density at radius 2 is 2.46 bits per heavy atom. The zero-order chi connectivity index (χ0) is 9.26. The van der Waals surface area contributed by atoms with E-state index in [2.05, 4.69) is 42.2 Å². The molecule has 0 saturated heterocycles. The van der Waals surface area contributed by atoms with Gasteiger partial charge < -0.3 is 4.57 Å². The Bertz CT molecular complexity index is 320. The van der Waals surface area contributed by atoms with Crippen LogP contribution >= 0.6 is 15.9 Å². The molecule has 0 aromatic carbocycles. The summed E-state index contributed by atoms with van der Waals surface area (Å²) < 4.78 is 3.11. The molecule has 1 aliphatic heterocycles. The third-order valence-electron chi connectivity index (χ3n) is 2.11. The van der Waals surface area contributed by atoms with Crippen LogP contribution in [-0.4, -0.2) is 32.8 Å². The Morgan fingerprint density at radius 1 is 1.62 bits per heavy atom. The van der Waals surface area contributed by atoms with E-state index in [1.165, 1.54) is 0 Å². The van der Waals surface area contributed by atoms with Crippen LogP contribution in [0.4, 0.5) is 0 Å². The summed E-state index contributed by atoms with van der Waals surface area (Å²) in [6, 6.07) is 0. The van der Waals surface area contributed by atoms with Gasteiger partial charge in [-0.3, -0.25) is 4.90 Å². The van der Waals surface area contributed by atoms with E-state index < -0.39 is 0 Å². The molecule has 0 spiro atoms. The molecule has 0 fully saturated rings. The summed E-state index contributed by atoms with van der Waals surface area (Å²) in [7, 11) is 0. The molecule has 2 heterocycles. The van der Waals surface area contributed by atoms with Gasteiger partial charge in [-0.05, 0) is 0 Å². The SMILES string of the molecule is C=C(Br)CN1CCn2cnnc2C1. The van der Waals surface area contributed by atoms with Crippen molar-refractivity contribution in [2.45, 2.75) is 13.1 Å². The third-order valence-corrected chi connectivity index (χ3v) is 2.36. The summed E-state index contributed by atoms with van der Waals surface area (Å²) in [5, 5.41) is 7.91. The predicted octanol–water partition coefficient (Wildman–Crippen LogP) is 1.00. The van der Waals surface area contributed by atoms with Crippen LogP contribution in [0.25, 0.3) is 0 Å². The van der Waals surface area contributed by atoms with Crippen LogP contribution < -0.4 is 0 Å². The van der Waals surface area contributed by atoms with E-state index in [9.17, 15) is 0 Å². The molecule has 70 valence electrons. The minimum atomic E-state index is 0.866. The van der Waals surface area contributed by atoms with E-state index in [1.807, 2.05) is 0 Å². The normalized spacial score (nSPS) is 17.0. The number of hydrogen-bond donors (Lipinski definition) is 0. The van der Waals surface area contributed by atoms with Crippen molar-refractivity contribution >= 4 is 15.9 Å². The summed E-state index contributed by atoms with van der Waals surface area (Å²) in [4.78, 5) is 2.29. The quantitative estimate of drug-likeness (QED) is 0.777. The van der Waals surface area contributed by atoms with Crippen LogP contribution in [0.15, 0.2) is 17.4 Å². The Morgan fingerprint density at radius 3 is 3.23 bits per heavy atom. The van der Waals surface area contributed by atoms with Gasteiger partial charge in [0.1, 0.15) is 12.2 Å². The van der Waals surface area contributed by atoms with Crippen molar-refractivity contribution in [2.75, 3.05) is 13.1 Å². The fourth-order valence-corrected chi connectivity index (χ4v) is 1.85. The second-order valence-electron chi connectivity index (χ2n) is 3.17.